The Morgan fingerprint density at radius 3 is 2.68 bits per heavy atom. The van der Waals surface area contributed by atoms with E-state index in [9.17, 15) is 19.2 Å². The first-order valence-electron chi connectivity index (χ1n) is 11.7. The maximum absolute atomic E-state index is 12.3. The summed E-state index contributed by atoms with van der Waals surface area (Å²) < 4.78 is 10.8. The minimum atomic E-state index is -0.347. The largest absolute Gasteiger partial charge is 0.377 e. The number of nitrogens with one attached hydrogen (secondary N) is 3. The van der Waals surface area contributed by atoms with Crippen molar-refractivity contribution in [3.05, 3.63) is 29.3 Å². The molecule has 0 spiro atoms. The minimum Gasteiger partial charge on any atom is -0.377 e. The second-order valence-corrected chi connectivity index (χ2v) is 8.98. The van der Waals surface area contributed by atoms with Crippen molar-refractivity contribution in [2.75, 3.05) is 38.3 Å². The van der Waals surface area contributed by atoms with E-state index in [1.807, 2.05) is 36.9 Å². The standard InChI is InChI=1S/C24H34N4O6/c1-16(2)12-22(30)25-8-9-33-10-11-34-15-23(31)26-19-5-3-4-17-13-28(14-18(17)19)20-6-7-21(29)27-24(20)32/h3-5,16,20H,6-15H2,1-2H3,(H,25,30)(H,26,31)(H,27,29,32). The number of amides is 4. The van der Waals surface area contributed by atoms with Crippen LogP contribution in [-0.4, -0.2) is 67.5 Å². The van der Waals surface area contributed by atoms with Gasteiger partial charge in [0.1, 0.15) is 6.61 Å². The molecule has 0 aromatic heterocycles. The number of carbonyl (C=O) groups excluding carboxylic acids is 4. The number of imide groups is 1. The predicted octanol–water partition coefficient (Wildman–Crippen LogP) is 0.941. The Labute approximate surface area is 199 Å². The van der Waals surface area contributed by atoms with Crippen LogP contribution in [0.4, 0.5) is 5.69 Å². The molecule has 0 radical (unpaired) electrons. The number of anilines is 1. The van der Waals surface area contributed by atoms with Crippen LogP contribution in [0.2, 0.25) is 0 Å². The first kappa shape index (κ1) is 25.8. The van der Waals surface area contributed by atoms with Crippen LogP contribution < -0.4 is 16.0 Å². The molecular weight excluding hydrogens is 440 g/mol. The van der Waals surface area contributed by atoms with Gasteiger partial charge in [0.15, 0.2) is 0 Å². The third kappa shape index (κ3) is 7.61. The lowest BCUT2D eigenvalue weighted by molar-refractivity contribution is -0.137. The van der Waals surface area contributed by atoms with Gasteiger partial charge in [0.2, 0.25) is 23.6 Å². The molecule has 3 rings (SSSR count). The molecule has 1 atom stereocenters. The maximum Gasteiger partial charge on any atom is 0.250 e. The summed E-state index contributed by atoms with van der Waals surface area (Å²) in [5.74, 6) is -0.428. The number of hydrogen-bond acceptors (Lipinski definition) is 7. The highest BCUT2D eigenvalue weighted by molar-refractivity contribution is 6.00. The lowest BCUT2D eigenvalue weighted by Gasteiger charge is -2.29. The van der Waals surface area contributed by atoms with Crippen molar-refractivity contribution >= 4 is 29.3 Å². The molecule has 0 aliphatic carbocycles. The molecule has 10 nitrogen and oxygen atoms in total. The Kier molecular flexibility index (Phi) is 9.55. The highest BCUT2D eigenvalue weighted by Gasteiger charge is 2.35. The van der Waals surface area contributed by atoms with Gasteiger partial charge in [-0.25, -0.2) is 0 Å². The van der Waals surface area contributed by atoms with Gasteiger partial charge in [-0.3, -0.25) is 29.4 Å². The Hall–Kier alpha value is -2.82. The summed E-state index contributed by atoms with van der Waals surface area (Å²) >= 11 is 0. The zero-order chi connectivity index (χ0) is 24.5. The molecule has 1 aromatic carbocycles. The van der Waals surface area contributed by atoms with E-state index in [0.29, 0.717) is 63.7 Å². The molecule has 186 valence electrons. The van der Waals surface area contributed by atoms with Gasteiger partial charge in [0.05, 0.1) is 25.9 Å². The van der Waals surface area contributed by atoms with Gasteiger partial charge in [-0.05, 0) is 29.5 Å². The predicted molar refractivity (Wildman–Crippen MR) is 125 cm³/mol. The summed E-state index contributed by atoms with van der Waals surface area (Å²) in [5, 5.41) is 8.08. The van der Waals surface area contributed by atoms with Gasteiger partial charge in [0, 0.05) is 38.2 Å². The van der Waals surface area contributed by atoms with Crippen molar-refractivity contribution in [3.63, 3.8) is 0 Å². The Bertz CT molecular complexity index is 903. The minimum absolute atomic E-state index is 0.0131. The first-order chi connectivity index (χ1) is 16.3. The smallest absolute Gasteiger partial charge is 0.250 e. The van der Waals surface area contributed by atoms with Gasteiger partial charge in [-0.1, -0.05) is 26.0 Å². The van der Waals surface area contributed by atoms with Crippen molar-refractivity contribution in [1.29, 1.82) is 0 Å². The third-order valence-electron chi connectivity index (χ3n) is 5.70. The number of piperidine rings is 1. The number of hydrogen-bond donors (Lipinski definition) is 3. The third-order valence-corrected chi connectivity index (χ3v) is 5.70. The van der Waals surface area contributed by atoms with Gasteiger partial charge in [0.25, 0.3) is 0 Å². The summed E-state index contributed by atoms with van der Waals surface area (Å²) in [6.45, 7) is 6.43. The Morgan fingerprint density at radius 2 is 1.91 bits per heavy atom. The summed E-state index contributed by atoms with van der Waals surface area (Å²) in [7, 11) is 0. The van der Waals surface area contributed by atoms with E-state index in [1.54, 1.807) is 0 Å². The van der Waals surface area contributed by atoms with Crippen LogP contribution in [0.1, 0.15) is 44.2 Å². The van der Waals surface area contributed by atoms with Gasteiger partial charge < -0.3 is 20.1 Å². The summed E-state index contributed by atoms with van der Waals surface area (Å²) in [5.41, 5.74) is 2.73. The quantitative estimate of drug-likeness (QED) is 0.304. The second-order valence-electron chi connectivity index (χ2n) is 8.98. The monoisotopic (exact) mass is 474 g/mol. The van der Waals surface area contributed by atoms with Crippen molar-refractivity contribution in [2.24, 2.45) is 5.92 Å². The average Bonchev–Trinajstić information content (AvgIpc) is 3.20. The molecule has 34 heavy (non-hydrogen) atoms. The molecule has 3 N–H and O–H groups in total. The number of nitrogens with zero attached hydrogens (tertiary/aromatic N) is 1. The van der Waals surface area contributed by atoms with E-state index < -0.39 is 0 Å². The van der Waals surface area contributed by atoms with E-state index in [0.717, 1.165) is 11.1 Å². The Morgan fingerprint density at radius 1 is 1.12 bits per heavy atom. The molecule has 2 aliphatic heterocycles. The molecule has 1 aromatic rings. The number of carbonyl (C=O) groups is 4. The average molecular weight is 475 g/mol. The van der Waals surface area contributed by atoms with E-state index in [4.69, 9.17) is 9.47 Å². The summed E-state index contributed by atoms with van der Waals surface area (Å²) in [6.07, 6.45) is 1.33. The van der Waals surface area contributed by atoms with Crippen LogP contribution in [-0.2, 0) is 41.7 Å². The molecule has 1 unspecified atom stereocenters. The van der Waals surface area contributed by atoms with E-state index in [1.165, 1.54) is 0 Å². The van der Waals surface area contributed by atoms with Crippen molar-refractivity contribution in [3.8, 4) is 0 Å². The Balaban J connectivity index is 1.35. The van der Waals surface area contributed by atoms with Crippen LogP contribution in [0, 0.1) is 5.92 Å². The lowest BCUT2D eigenvalue weighted by atomic mass is 10.0. The van der Waals surface area contributed by atoms with Crippen molar-refractivity contribution < 1.29 is 28.7 Å². The van der Waals surface area contributed by atoms with Crippen molar-refractivity contribution in [1.82, 2.24) is 15.5 Å². The molecule has 10 heteroatoms. The fourth-order valence-corrected chi connectivity index (χ4v) is 4.09. The van der Waals surface area contributed by atoms with Crippen LogP contribution >= 0.6 is 0 Å². The lowest BCUT2D eigenvalue weighted by Crippen LogP contribution is -2.50. The first-order valence-corrected chi connectivity index (χ1v) is 11.7. The maximum atomic E-state index is 12.3. The van der Waals surface area contributed by atoms with Gasteiger partial charge >= 0.3 is 0 Å². The van der Waals surface area contributed by atoms with Crippen LogP contribution in [0.15, 0.2) is 18.2 Å². The number of fused-ring (bicyclic) bond motifs is 1. The topological polar surface area (TPSA) is 126 Å². The molecular formula is C24H34N4O6. The molecule has 0 saturated carbocycles. The zero-order valence-electron chi connectivity index (χ0n) is 19.9. The van der Waals surface area contributed by atoms with E-state index in [-0.39, 0.29) is 42.9 Å². The van der Waals surface area contributed by atoms with Crippen LogP contribution in [0.5, 0.6) is 0 Å². The number of benzene rings is 1. The van der Waals surface area contributed by atoms with Crippen molar-refractivity contribution in [2.45, 2.75) is 52.2 Å². The molecule has 0 bridgehead atoms. The van der Waals surface area contributed by atoms with Gasteiger partial charge in [-0.15, -0.1) is 0 Å². The SMILES string of the molecule is CC(C)CC(=O)NCCOCCOCC(=O)Nc1cccc2c1CN(C1CCC(=O)NC1=O)C2. The fourth-order valence-electron chi connectivity index (χ4n) is 4.09. The summed E-state index contributed by atoms with van der Waals surface area (Å²) in [6, 6.07) is 5.34. The highest BCUT2D eigenvalue weighted by atomic mass is 16.5. The van der Waals surface area contributed by atoms with Crippen LogP contribution in [0.3, 0.4) is 0 Å². The van der Waals surface area contributed by atoms with E-state index in [2.05, 4.69) is 16.0 Å². The number of rotatable bonds is 12. The normalized spacial score (nSPS) is 18.0. The molecule has 2 heterocycles. The van der Waals surface area contributed by atoms with Crippen LogP contribution in [0.25, 0.3) is 0 Å². The second kappa shape index (κ2) is 12.6. The van der Waals surface area contributed by atoms with E-state index >= 15 is 0 Å². The van der Waals surface area contributed by atoms with Gasteiger partial charge in [-0.2, -0.15) is 0 Å². The molecule has 1 fully saturated rings. The molecule has 2 aliphatic rings. The zero-order valence-corrected chi connectivity index (χ0v) is 19.9. The molecule has 1 saturated heterocycles. The summed E-state index contributed by atoms with van der Waals surface area (Å²) in [4.78, 5) is 49.6. The molecule has 4 amide bonds. The number of ether oxygens (including phenoxy) is 2. The fraction of sp³-hybridized carbons (Fsp3) is 0.583. The highest BCUT2D eigenvalue weighted by Crippen LogP contribution is 2.32.